The van der Waals surface area contributed by atoms with Gasteiger partial charge in [-0.15, -0.1) is 0 Å². The molecule has 0 unspecified atom stereocenters. The van der Waals surface area contributed by atoms with E-state index in [9.17, 15) is 18.0 Å². The second-order valence-corrected chi connectivity index (χ2v) is 4.28. The summed E-state index contributed by atoms with van der Waals surface area (Å²) in [6.07, 6.45) is -3.03. The van der Waals surface area contributed by atoms with Crippen molar-refractivity contribution in [2.24, 2.45) is 0 Å². The van der Waals surface area contributed by atoms with Crippen molar-refractivity contribution < 1.29 is 22.7 Å². The first-order valence-electron chi connectivity index (χ1n) is 6.17. The standard InChI is InChI=1S/C14H13F3N2O2/c1-2-19-8-7-9(12(19)18)13(20)21-11-6-4-3-5-10(11)14(15,16)17/h3-8H,2,18H2,1H3. The van der Waals surface area contributed by atoms with Gasteiger partial charge in [0.2, 0.25) is 0 Å². The lowest BCUT2D eigenvalue weighted by Gasteiger charge is -2.12. The maximum absolute atomic E-state index is 12.8. The molecule has 0 spiro atoms. The number of alkyl halides is 3. The van der Waals surface area contributed by atoms with E-state index in [1.807, 2.05) is 6.92 Å². The molecule has 0 aliphatic rings. The van der Waals surface area contributed by atoms with Crippen molar-refractivity contribution in [2.75, 3.05) is 5.73 Å². The van der Waals surface area contributed by atoms with Crippen molar-refractivity contribution in [3.05, 3.63) is 47.7 Å². The van der Waals surface area contributed by atoms with Crippen molar-refractivity contribution in [3.63, 3.8) is 0 Å². The fourth-order valence-corrected chi connectivity index (χ4v) is 1.88. The highest BCUT2D eigenvalue weighted by Gasteiger charge is 2.34. The van der Waals surface area contributed by atoms with Crippen molar-refractivity contribution >= 4 is 11.8 Å². The van der Waals surface area contributed by atoms with Crippen LogP contribution in [0.15, 0.2) is 36.5 Å². The number of ether oxygens (including phenoxy) is 1. The van der Waals surface area contributed by atoms with E-state index < -0.39 is 23.5 Å². The van der Waals surface area contributed by atoms with E-state index >= 15 is 0 Å². The molecule has 0 bridgehead atoms. The fourth-order valence-electron chi connectivity index (χ4n) is 1.88. The Kier molecular flexibility index (Phi) is 3.93. The van der Waals surface area contributed by atoms with Gasteiger partial charge in [-0.3, -0.25) is 0 Å². The van der Waals surface area contributed by atoms with Crippen molar-refractivity contribution in [1.82, 2.24) is 4.57 Å². The number of anilines is 1. The number of carbonyl (C=O) groups excluding carboxylic acids is 1. The second kappa shape index (κ2) is 5.51. The molecule has 2 rings (SSSR count). The fraction of sp³-hybridized carbons (Fsp3) is 0.214. The molecule has 112 valence electrons. The SMILES string of the molecule is CCn1ccc(C(=O)Oc2ccccc2C(F)(F)F)c1N. The summed E-state index contributed by atoms with van der Waals surface area (Å²) >= 11 is 0. The number of carbonyl (C=O) groups is 1. The van der Waals surface area contributed by atoms with Gasteiger partial charge in [-0.05, 0) is 25.1 Å². The van der Waals surface area contributed by atoms with Crippen molar-refractivity contribution in [1.29, 1.82) is 0 Å². The molecule has 1 heterocycles. The Morgan fingerprint density at radius 3 is 2.52 bits per heavy atom. The van der Waals surface area contributed by atoms with Crippen LogP contribution in [0.5, 0.6) is 5.75 Å². The number of hydrogen-bond acceptors (Lipinski definition) is 3. The number of nitrogens with two attached hydrogens (primary N) is 1. The van der Waals surface area contributed by atoms with Gasteiger partial charge in [-0.2, -0.15) is 13.2 Å². The maximum Gasteiger partial charge on any atom is 0.419 e. The molecule has 0 amide bonds. The molecule has 2 N–H and O–H groups in total. The number of aromatic nitrogens is 1. The van der Waals surface area contributed by atoms with Gasteiger partial charge in [0, 0.05) is 12.7 Å². The number of nitrogens with zero attached hydrogens (tertiary/aromatic N) is 1. The summed E-state index contributed by atoms with van der Waals surface area (Å²) in [7, 11) is 0. The monoisotopic (exact) mass is 298 g/mol. The lowest BCUT2D eigenvalue weighted by atomic mass is 10.2. The van der Waals surface area contributed by atoms with Crippen LogP contribution in [0.25, 0.3) is 0 Å². The maximum atomic E-state index is 12.8. The van der Waals surface area contributed by atoms with Crippen LogP contribution in [-0.2, 0) is 12.7 Å². The number of nitrogen functional groups attached to an aromatic ring is 1. The Morgan fingerprint density at radius 2 is 1.95 bits per heavy atom. The Hall–Kier alpha value is -2.44. The van der Waals surface area contributed by atoms with E-state index in [0.717, 1.165) is 12.1 Å². The molecule has 1 aromatic carbocycles. The third-order valence-corrected chi connectivity index (χ3v) is 2.96. The summed E-state index contributed by atoms with van der Waals surface area (Å²) < 4.78 is 44.9. The first-order valence-corrected chi connectivity index (χ1v) is 6.17. The minimum absolute atomic E-state index is 0.0360. The third-order valence-electron chi connectivity index (χ3n) is 2.96. The average molecular weight is 298 g/mol. The summed E-state index contributed by atoms with van der Waals surface area (Å²) in [5, 5.41) is 0. The van der Waals surface area contributed by atoms with Gasteiger partial charge in [-0.25, -0.2) is 4.79 Å². The highest BCUT2D eigenvalue weighted by atomic mass is 19.4. The first kappa shape index (κ1) is 15.0. The van der Waals surface area contributed by atoms with Gasteiger partial charge in [0.15, 0.2) is 0 Å². The molecular formula is C14H13F3N2O2. The van der Waals surface area contributed by atoms with Gasteiger partial charge in [0.25, 0.3) is 0 Å². The lowest BCUT2D eigenvalue weighted by Crippen LogP contribution is -2.15. The Bertz CT molecular complexity index is 662. The van der Waals surface area contributed by atoms with Gasteiger partial charge >= 0.3 is 12.1 Å². The Labute approximate surface area is 118 Å². The Morgan fingerprint density at radius 1 is 1.29 bits per heavy atom. The topological polar surface area (TPSA) is 57.2 Å². The van der Waals surface area contributed by atoms with Crippen LogP contribution in [0.1, 0.15) is 22.8 Å². The van der Waals surface area contributed by atoms with E-state index in [4.69, 9.17) is 10.5 Å². The molecule has 1 aromatic heterocycles. The predicted octanol–water partition coefficient (Wildman–Crippen LogP) is 3.33. The summed E-state index contributed by atoms with van der Waals surface area (Å²) in [6, 6.07) is 5.94. The number of para-hydroxylation sites is 1. The molecule has 4 nitrogen and oxygen atoms in total. The number of aryl methyl sites for hydroxylation is 1. The molecule has 0 saturated heterocycles. The van der Waals surface area contributed by atoms with Crippen LogP contribution in [0, 0.1) is 0 Å². The van der Waals surface area contributed by atoms with Gasteiger partial charge < -0.3 is 15.0 Å². The zero-order valence-corrected chi connectivity index (χ0v) is 11.1. The lowest BCUT2D eigenvalue weighted by molar-refractivity contribution is -0.138. The van der Waals surface area contributed by atoms with E-state index in [1.165, 1.54) is 18.2 Å². The zero-order chi connectivity index (χ0) is 15.6. The minimum Gasteiger partial charge on any atom is -0.422 e. The summed E-state index contributed by atoms with van der Waals surface area (Å²) in [6.45, 7) is 2.36. The number of rotatable bonds is 3. The van der Waals surface area contributed by atoms with Crippen LogP contribution >= 0.6 is 0 Å². The van der Waals surface area contributed by atoms with E-state index in [1.54, 1.807) is 10.8 Å². The largest absolute Gasteiger partial charge is 0.422 e. The minimum atomic E-state index is -4.60. The normalized spacial score (nSPS) is 11.4. The predicted molar refractivity (Wildman–Crippen MR) is 70.9 cm³/mol. The summed E-state index contributed by atoms with van der Waals surface area (Å²) in [5.74, 6) is -1.30. The van der Waals surface area contributed by atoms with Gasteiger partial charge in [-0.1, -0.05) is 12.1 Å². The first-order chi connectivity index (χ1) is 9.84. The molecule has 0 fully saturated rings. The van der Waals surface area contributed by atoms with Crippen LogP contribution in [0.3, 0.4) is 0 Å². The van der Waals surface area contributed by atoms with Crippen molar-refractivity contribution in [3.8, 4) is 5.75 Å². The van der Waals surface area contributed by atoms with Crippen LogP contribution in [0.2, 0.25) is 0 Å². The highest BCUT2D eigenvalue weighted by Crippen LogP contribution is 2.36. The van der Waals surface area contributed by atoms with Gasteiger partial charge in [0.05, 0.1) is 5.56 Å². The molecule has 0 aliphatic carbocycles. The Balaban J connectivity index is 2.30. The summed E-state index contributed by atoms with van der Waals surface area (Å²) in [4.78, 5) is 12.0. The molecule has 0 atom stereocenters. The molecule has 21 heavy (non-hydrogen) atoms. The number of hydrogen-bond donors (Lipinski definition) is 1. The van der Waals surface area contributed by atoms with E-state index in [-0.39, 0.29) is 11.4 Å². The smallest absolute Gasteiger partial charge is 0.419 e. The number of benzene rings is 1. The summed E-state index contributed by atoms with van der Waals surface area (Å²) in [5.41, 5.74) is 4.76. The molecule has 0 aliphatic heterocycles. The number of esters is 1. The number of halogens is 3. The van der Waals surface area contributed by atoms with Crippen LogP contribution in [-0.4, -0.2) is 10.5 Å². The van der Waals surface area contributed by atoms with Crippen LogP contribution in [0.4, 0.5) is 19.0 Å². The van der Waals surface area contributed by atoms with Crippen molar-refractivity contribution in [2.45, 2.75) is 19.6 Å². The molecule has 7 heteroatoms. The van der Waals surface area contributed by atoms with Gasteiger partial charge in [0.1, 0.15) is 17.1 Å². The zero-order valence-electron chi connectivity index (χ0n) is 11.1. The highest BCUT2D eigenvalue weighted by molar-refractivity contribution is 5.96. The molecular weight excluding hydrogens is 285 g/mol. The van der Waals surface area contributed by atoms with Crippen LogP contribution < -0.4 is 10.5 Å². The quantitative estimate of drug-likeness (QED) is 0.698. The van der Waals surface area contributed by atoms with E-state index in [2.05, 4.69) is 0 Å². The van der Waals surface area contributed by atoms with E-state index in [0.29, 0.717) is 6.54 Å². The molecule has 0 radical (unpaired) electrons. The molecule has 2 aromatic rings. The average Bonchev–Trinajstić information content (AvgIpc) is 2.79. The second-order valence-electron chi connectivity index (χ2n) is 4.28. The molecule has 0 saturated carbocycles. The third kappa shape index (κ3) is 3.01.